The van der Waals surface area contributed by atoms with Gasteiger partial charge in [-0.3, -0.25) is 5.73 Å². The Bertz CT molecular complexity index is 201. The van der Waals surface area contributed by atoms with Gasteiger partial charge in [-0.1, -0.05) is 25.6 Å². The molecule has 1 aromatic rings. The third-order valence-corrected chi connectivity index (χ3v) is 0.938. The van der Waals surface area contributed by atoms with Crippen molar-refractivity contribution in [3.05, 3.63) is 30.3 Å². The molecule has 2 nitrogen and oxygen atoms in total. The van der Waals surface area contributed by atoms with Gasteiger partial charge in [0.2, 0.25) is 0 Å². The molecule has 1 aromatic carbocycles. The molecule has 2 N–H and O–H groups in total. The summed E-state index contributed by atoms with van der Waals surface area (Å²) in [6, 6.07) is 7.23. The summed E-state index contributed by atoms with van der Waals surface area (Å²) in [5.41, 5.74) is 5.13. The molecule has 1 rings (SSSR count). The molecule has 0 heterocycles. The minimum atomic E-state index is 0.178. The van der Waals surface area contributed by atoms with E-state index in [0.717, 1.165) is 0 Å². The van der Waals surface area contributed by atoms with E-state index < -0.39 is 0 Å². The lowest BCUT2D eigenvalue weighted by molar-refractivity contribution is 0.329. The fourth-order valence-electron chi connectivity index (χ4n) is 0.564. The van der Waals surface area contributed by atoms with Gasteiger partial charge in [0.1, 0.15) is 12.5 Å². The Labute approximate surface area is 64.4 Å². The smallest absolute Gasteiger partial charge is 0.137 e. The second-order valence-electron chi connectivity index (χ2n) is 1.55. The van der Waals surface area contributed by atoms with E-state index in [4.69, 9.17) is 13.2 Å². The van der Waals surface area contributed by atoms with Crippen molar-refractivity contribution in [2.75, 3.05) is 6.73 Å². The van der Waals surface area contributed by atoms with E-state index in [1.54, 1.807) is 24.3 Å². The van der Waals surface area contributed by atoms with Crippen LogP contribution in [0.15, 0.2) is 30.3 Å². The van der Waals surface area contributed by atoms with Gasteiger partial charge in [0, 0.05) is 1.37 Å². The molecule has 10 heavy (non-hydrogen) atoms. The van der Waals surface area contributed by atoms with Crippen molar-refractivity contribution in [2.24, 2.45) is 5.73 Å². The normalized spacial score (nSPS) is 10.2. The van der Waals surface area contributed by atoms with Gasteiger partial charge in [0.15, 0.2) is 0 Å². The monoisotopic (exact) mass is 142 g/mol. The number of ether oxygens (including phenoxy) is 1. The summed E-state index contributed by atoms with van der Waals surface area (Å²) >= 11 is 0. The third kappa shape index (κ3) is 2.51. The molecule has 0 fully saturated rings. The highest BCUT2D eigenvalue weighted by Crippen LogP contribution is 2.06. The first-order valence-corrected chi connectivity index (χ1v) is 2.72. The zero-order valence-electron chi connectivity index (χ0n) is 8.00. The summed E-state index contributed by atoms with van der Waals surface area (Å²) in [4.78, 5) is 0. The van der Waals surface area contributed by atoms with Crippen LogP contribution in [0.1, 0.15) is 10.1 Å². The zero-order chi connectivity index (χ0) is 9.40. The van der Waals surface area contributed by atoms with E-state index >= 15 is 0 Å². The lowest BCUT2D eigenvalue weighted by Gasteiger charge is -1.98. The summed E-state index contributed by atoms with van der Waals surface area (Å²) in [6.07, 6.45) is 0. The van der Waals surface area contributed by atoms with Crippen molar-refractivity contribution in [2.45, 2.75) is 7.40 Å². The van der Waals surface area contributed by atoms with Crippen LogP contribution >= 0.6 is 0 Å². The first-order chi connectivity index (χ1) is 5.83. The van der Waals surface area contributed by atoms with E-state index in [1.807, 2.05) is 0 Å². The van der Waals surface area contributed by atoms with Crippen LogP contribution in [-0.2, 0) is 0 Å². The minimum absolute atomic E-state index is 0.178. The number of rotatable bonds is 2. The fraction of sp³-hybridized carbons (Fsp3) is 0.250. The van der Waals surface area contributed by atoms with Crippen molar-refractivity contribution in [1.82, 2.24) is 0 Å². The molecule has 0 aliphatic rings. The third-order valence-electron chi connectivity index (χ3n) is 0.938. The van der Waals surface area contributed by atoms with Gasteiger partial charge in [-0.25, -0.2) is 0 Å². The molecule has 0 aliphatic carbocycles. The lowest BCUT2D eigenvalue weighted by atomic mass is 10.3. The van der Waals surface area contributed by atoms with Crippen LogP contribution in [0.4, 0.5) is 0 Å². The Kier molecular flexibility index (Phi) is 2.77. The Balaban J connectivity index is 0.000000561. The second kappa shape index (κ2) is 4.82. The topological polar surface area (TPSA) is 35.2 Å². The number of para-hydroxylation sites is 1. The van der Waals surface area contributed by atoms with Crippen molar-refractivity contribution in [3.63, 3.8) is 0 Å². The Morgan fingerprint density at radius 3 is 2.80 bits per heavy atom. The molecule has 0 saturated carbocycles. The Morgan fingerprint density at radius 1 is 1.70 bits per heavy atom. The van der Waals surface area contributed by atoms with Crippen molar-refractivity contribution in [1.29, 1.82) is 0 Å². The predicted molar refractivity (Wildman–Crippen MR) is 42.9 cm³/mol. The molecule has 0 aromatic heterocycles. The average molecular weight is 142 g/mol. The molecular formula is C8H13NO. The summed E-state index contributed by atoms with van der Waals surface area (Å²) < 4.78 is 17.8. The average Bonchev–Trinajstić information content (AvgIpc) is 2.13. The van der Waals surface area contributed by atoms with Crippen molar-refractivity contribution in [3.8, 4) is 5.75 Å². The first-order valence-electron chi connectivity index (χ1n) is 4.22. The minimum Gasteiger partial charge on any atom is -0.479 e. The molecule has 0 saturated heterocycles. The van der Waals surface area contributed by atoms with Gasteiger partial charge in [0.25, 0.3) is 0 Å². The summed E-state index contributed by atoms with van der Waals surface area (Å²) in [6.45, 7) is 0.178. The summed E-state index contributed by atoms with van der Waals surface area (Å²) in [5.74, 6) is 0.707. The highest BCUT2D eigenvalue weighted by Gasteiger charge is 1.83. The van der Waals surface area contributed by atoms with Crippen LogP contribution in [0.3, 0.4) is 0 Å². The Morgan fingerprint density at radius 2 is 2.30 bits per heavy atom. The van der Waals surface area contributed by atoms with Gasteiger partial charge < -0.3 is 4.74 Å². The zero-order valence-corrected chi connectivity index (χ0v) is 6.00. The molecule has 0 atom stereocenters. The second-order valence-corrected chi connectivity index (χ2v) is 1.55. The first kappa shape index (κ1) is 5.74. The van der Waals surface area contributed by atoms with Crippen molar-refractivity contribution < 1.29 is 7.48 Å². The van der Waals surface area contributed by atoms with Gasteiger partial charge in [-0.05, 0) is 12.1 Å². The maximum Gasteiger partial charge on any atom is 0.137 e. The van der Waals surface area contributed by atoms with Gasteiger partial charge in [-0.2, -0.15) is 0 Å². The highest BCUT2D eigenvalue weighted by atomic mass is 16.5. The standard InChI is InChI=1S/C7H9NO.CH4/c8-6-9-7-4-2-1-3-5-7;/h1-5H,6,8H2;1H4/i1D;1T. The van der Waals surface area contributed by atoms with E-state index in [9.17, 15) is 0 Å². The van der Waals surface area contributed by atoms with Crippen LogP contribution in [0.25, 0.3) is 0 Å². The van der Waals surface area contributed by atoms with Crippen molar-refractivity contribution >= 4 is 0 Å². The quantitative estimate of drug-likeness (QED) is 0.637. The van der Waals surface area contributed by atoms with E-state index in [-0.39, 0.29) is 6.73 Å². The van der Waals surface area contributed by atoms with E-state index in [1.165, 1.54) is 7.40 Å². The molecule has 0 bridgehead atoms. The van der Waals surface area contributed by atoms with Crippen LogP contribution in [-0.4, -0.2) is 6.73 Å². The lowest BCUT2D eigenvalue weighted by Crippen LogP contribution is -2.06. The predicted octanol–water partition coefficient (Wildman–Crippen LogP) is 1.62. The molecule has 0 aliphatic heterocycles. The summed E-state index contributed by atoms with van der Waals surface area (Å²) in [5, 5.41) is 0. The largest absolute Gasteiger partial charge is 0.479 e. The molecule has 0 unspecified atom stereocenters. The SMILES string of the molecule is [2H]c1ccc(OCN)cc1.[3H]C. The van der Waals surface area contributed by atoms with Crippen LogP contribution in [0.2, 0.25) is 0 Å². The van der Waals surface area contributed by atoms with E-state index in [0.29, 0.717) is 11.8 Å². The maximum atomic E-state index is 7.14. The van der Waals surface area contributed by atoms with Gasteiger partial charge in [-0.15, -0.1) is 0 Å². The number of nitrogens with two attached hydrogens (primary N) is 1. The Hall–Kier alpha value is -1.02. The molecule has 0 radical (unpaired) electrons. The van der Waals surface area contributed by atoms with Gasteiger partial charge >= 0.3 is 0 Å². The fourth-order valence-corrected chi connectivity index (χ4v) is 0.564. The number of hydrogen-bond donors (Lipinski definition) is 1. The molecular weight excluding hydrogens is 126 g/mol. The maximum absolute atomic E-state index is 7.14. The van der Waals surface area contributed by atoms with Gasteiger partial charge in [0.05, 0.1) is 1.37 Å². The highest BCUT2D eigenvalue weighted by molar-refractivity contribution is 5.20. The molecule has 0 spiro atoms. The van der Waals surface area contributed by atoms with Crippen LogP contribution < -0.4 is 10.5 Å². The number of benzene rings is 1. The van der Waals surface area contributed by atoms with Crippen LogP contribution in [0.5, 0.6) is 5.75 Å². The summed E-state index contributed by atoms with van der Waals surface area (Å²) in [7, 11) is 1.25. The van der Waals surface area contributed by atoms with E-state index in [2.05, 4.69) is 0 Å². The van der Waals surface area contributed by atoms with Crippen LogP contribution in [0, 0.1) is 0 Å². The number of hydrogen-bond acceptors (Lipinski definition) is 2. The molecule has 0 amide bonds. The molecule has 2 heteroatoms. The molecule has 56 valence electrons.